The highest BCUT2D eigenvalue weighted by atomic mass is 32.2. The highest BCUT2D eigenvalue weighted by Crippen LogP contribution is 2.35. The van der Waals surface area contributed by atoms with Crippen LogP contribution < -0.4 is 10.1 Å². The number of nitrogens with zero attached hydrogens (tertiary/aromatic N) is 3. The van der Waals surface area contributed by atoms with E-state index in [9.17, 15) is 18.0 Å². The number of fused-ring (bicyclic) bond motifs is 1. The number of piperazine rings is 1. The van der Waals surface area contributed by atoms with Crippen molar-refractivity contribution in [1.29, 1.82) is 0 Å². The molecule has 0 saturated carbocycles. The summed E-state index contributed by atoms with van der Waals surface area (Å²) in [6.45, 7) is 8.63. The van der Waals surface area contributed by atoms with Gasteiger partial charge in [0.1, 0.15) is 5.75 Å². The predicted molar refractivity (Wildman–Crippen MR) is 115 cm³/mol. The van der Waals surface area contributed by atoms with E-state index in [4.69, 9.17) is 4.74 Å². The van der Waals surface area contributed by atoms with E-state index in [1.807, 2.05) is 4.90 Å². The van der Waals surface area contributed by atoms with Gasteiger partial charge in [-0.05, 0) is 37.9 Å². The van der Waals surface area contributed by atoms with Crippen molar-refractivity contribution < 1.29 is 22.7 Å². The van der Waals surface area contributed by atoms with E-state index < -0.39 is 10.0 Å². The number of aryl methyl sites for hydroxylation is 1. The van der Waals surface area contributed by atoms with E-state index >= 15 is 0 Å². The SMILES string of the molecule is CCN1CCN(C(=O)C2CCN(S(=O)(=O)c3cc4c(cc3C)NC(=O)CO4)CC2)CC1. The average Bonchev–Trinajstić information content (AvgIpc) is 2.78. The Labute approximate surface area is 183 Å². The van der Waals surface area contributed by atoms with E-state index in [-0.39, 0.29) is 29.2 Å². The summed E-state index contributed by atoms with van der Waals surface area (Å²) >= 11 is 0. The van der Waals surface area contributed by atoms with Crippen LogP contribution in [0, 0.1) is 12.8 Å². The second-order valence-electron chi connectivity index (χ2n) is 8.39. The molecule has 4 rings (SSSR count). The number of piperidine rings is 1. The Bertz CT molecular complexity index is 964. The van der Waals surface area contributed by atoms with Crippen LogP contribution in [0.4, 0.5) is 5.69 Å². The lowest BCUT2D eigenvalue weighted by Gasteiger charge is -2.38. The molecule has 0 radical (unpaired) electrons. The third-order valence-electron chi connectivity index (χ3n) is 6.46. The van der Waals surface area contributed by atoms with Crippen molar-refractivity contribution in [1.82, 2.24) is 14.1 Å². The van der Waals surface area contributed by atoms with Crippen LogP contribution >= 0.6 is 0 Å². The molecule has 3 aliphatic heterocycles. The van der Waals surface area contributed by atoms with Crippen molar-refractivity contribution in [3.8, 4) is 5.75 Å². The summed E-state index contributed by atoms with van der Waals surface area (Å²) in [6.07, 6.45) is 1.06. The van der Waals surface area contributed by atoms with E-state index in [0.29, 0.717) is 42.9 Å². The van der Waals surface area contributed by atoms with Gasteiger partial charge in [-0.2, -0.15) is 4.31 Å². The second-order valence-corrected chi connectivity index (χ2v) is 10.3. The molecule has 2 saturated heterocycles. The summed E-state index contributed by atoms with van der Waals surface area (Å²) < 4.78 is 33.4. The van der Waals surface area contributed by atoms with Gasteiger partial charge in [-0.25, -0.2) is 8.42 Å². The van der Waals surface area contributed by atoms with E-state index in [1.54, 1.807) is 13.0 Å². The standard InChI is InChI=1S/C21H30N4O5S/c1-3-23-8-10-24(11-9-23)21(27)16-4-6-25(7-5-16)31(28,29)19-13-18-17(12-15(19)2)22-20(26)14-30-18/h12-13,16H,3-11,14H2,1-2H3,(H,22,26). The number of benzene rings is 1. The number of ether oxygens (including phenoxy) is 1. The Morgan fingerprint density at radius 1 is 1.13 bits per heavy atom. The molecule has 2 amide bonds. The van der Waals surface area contributed by atoms with Gasteiger partial charge in [0.25, 0.3) is 5.91 Å². The lowest BCUT2D eigenvalue weighted by Crippen LogP contribution is -2.51. The molecule has 31 heavy (non-hydrogen) atoms. The van der Waals surface area contributed by atoms with Crippen molar-refractivity contribution in [2.24, 2.45) is 5.92 Å². The molecule has 9 nitrogen and oxygen atoms in total. The maximum Gasteiger partial charge on any atom is 0.262 e. The van der Waals surface area contributed by atoms with Crippen LogP contribution in [-0.4, -0.2) is 86.8 Å². The van der Waals surface area contributed by atoms with Crippen molar-refractivity contribution in [3.63, 3.8) is 0 Å². The van der Waals surface area contributed by atoms with Crippen LogP contribution in [0.1, 0.15) is 25.3 Å². The first-order chi connectivity index (χ1) is 14.8. The van der Waals surface area contributed by atoms with Crippen LogP contribution in [0.15, 0.2) is 17.0 Å². The summed E-state index contributed by atoms with van der Waals surface area (Å²) in [7, 11) is -3.72. The number of nitrogens with one attached hydrogen (secondary N) is 1. The van der Waals surface area contributed by atoms with Crippen LogP contribution in [-0.2, 0) is 19.6 Å². The minimum absolute atomic E-state index is 0.122. The number of rotatable bonds is 4. The summed E-state index contributed by atoms with van der Waals surface area (Å²) in [5.74, 6) is 0.134. The van der Waals surface area contributed by atoms with Gasteiger partial charge in [0.05, 0.1) is 10.6 Å². The van der Waals surface area contributed by atoms with Gasteiger partial charge in [0, 0.05) is 51.3 Å². The van der Waals surface area contributed by atoms with E-state index in [0.717, 1.165) is 32.7 Å². The quantitative estimate of drug-likeness (QED) is 0.732. The highest BCUT2D eigenvalue weighted by molar-refractivity contribution is 7.89. The molecule has 1 aromatic carbocycles. The Balaban J connectivity index is 1.41. The largest absolute Gasteiger partial charge is 0.482 e. The normalized spacial score (nSPS) is 21.4. The number of hydrogen-bond donors (Lipinski definition) is 1. The summed E-state index contributed by atoms with van der Waals surface area (Å²) in [5.41, 5.74) is 1.04. The third kappa shape index (κ3) is 4.42. The molecular formula is C21H30N4O5S. The molecule has 3 aliphatic rings. The molecule has 1 N–H and O–H groups in total. The van der Waals surface area contributed by atoms with Gasteiger partial charge in [-0.15, -0.1) is 0 Å². The fraction of sp³-hybridized carbons (Fsp3) is 0.619. The van der Waals surface area contributed by atoms with E-state index in [2.05, 4.69) is 17.1 Å². The number of carbonyl (C=O) groups excluding carboxylic acids is 2. The van der Waals surface area contributed by atoms with Crippen molar-refractivity contribution in [2.45, 2.75) is 31.6 Å². The molecule has 0 aliphatic carbocycles. The number of hydrogen-bond acceptors (Lipinski definition) is 6. The molecule has 170 valence electrons. The maximum atomic E-state index is 13.3. The fourth-order valence-corrected chi connectivity index (χ4v) is 6.21. The minimum Gasteiger partial charge on any atom is -0.482 e. The lowest BCUT2D eigenvalue weighted by atomic mass is 9.96. The van der Waals surface area contributed by atoms with Gasteiger partial charge >= 0.3 is 0 Å². The van der Waals surface area contributed by atoms with Crippen molar-refractivity contribution in [3.05, 3.63) is 17.7 Å². The monoisotopic (exact) mass is 450 g/mol. The molecule has 2 fully saturated rings. The molecule has 0 bridgehead atoms. The number of likely N-dealkylation sites (N-methyl/N-ethyl adjacent to an activating group) is 1. The topological polar surface area (TPSA) is 99.3 Å². The molecule has 0 atom stereocenters. The zero-order valence-corrected chi connectivity index (χ0v) is 18.9. The summed E-state index contributed by atoms with van der Waals surface area (Å²) in [6, 6.07) is 3.12. The summed E-state index contributed by atoms with van der Waals surface area (Å²) in [4.78, 5) is 28.8. The first-order valence-corrected chi connectivity index (χ1v) is 12.3. The van der Waals surface area contributed by atoms with Gasteiger partial charge in [0.15, 0.2) is 6.61 Å². The van der Waals surface area contributed by atoms with Gasteiger partial charge in [-0.1, -0.05) is 6.92 Å². The predicted octanol–water partition coefficient (Wildman–Crippen LogP) is 0.891. The van der Waals surface area contributed by atoms with Gasteiger partial charge in [0.2, 0.25) is 15.9 Å². The molecule has 0 aromatic heterocycles. The second kappa shape index (κ2) is 8.76. The maximum absolute atomic E-state index is 13.3. The Morgan fingerprint density at radius 2 is 1.81 bits per heavy atom. The number of sulfonamides is 1. The number of carbonyl (C=O) groups is 2. The Hall–Kier alpha value is -2.17. The Kier molecular flexibility index (Phi) is 6.23. The lowest BCUT2D eigenvalue weighted by molar-refractivity contribution is -0.138. The molecular weight excluding hydrogens is 420 g/mol. The first-order valence-electron chi connectivity index (χ1n) is 10.9. The molecule has 0 spiro atoms. The molecule has 10 heteroatoms. The zero-order valence-electron chi connectivity index (χ0n) is 18.1. The molecule has 0 unspecified atom stereocenters. The first kappa shape index (κ1) is 22.0. The third-order valence-corrected chi connectivity index (χ3v) is 8.50. The number of anilines is 1. The van der Waals surface area contributed by atoms with Gasteiger partial charge in [-0.3, -0.25) is 9.59 Å². The van der Waals surface area contributed by atoms with Crippen LogP contribution in [0.25, 0.3) is 0 Å². The van der Waals surface area contributed by atoms with Crippen molar-refractivity contribution in [2.75, 3.05) is 57.7 Å². The highest BCUT2D eigenvalue weighted by Gasteiger charge is 2.35. The number of amides is 2. The Morgan fingerprint density at radius 3 is 2.45 bits per heavy atom. The fourth-order valence-electron chi connectivity index (χ4n) is 4.52. The van der Waals surface area contributed by atoms with E-state index in [1.165, 1.54) is 10.4 Å². The van der Waals surface area contributed by atoms with Gasteiger partial charge < -0.3 is 19.9 Å². The van der Waals surface area contributed by atoms with Crippen LogP contribution in [0.5, 0.6) is 5.75 Å². The zero-order chi connectivity index (χ0) is 22.2. The van der Waals surface area contributed by atoms with Crippen LogP contribution in [0.2, 0.25) is 0 Å². The molecule has 1 aromatic rings. The average molecular weight is 451 g/mol. The molecule has 3 heterocycles. The minimum atomic E-state index is -3.72. The smallest absolute Gasteiger partial charge is 0.262 e. The van der Waals surface area contributed by atoms with Crippen molar-refractivity contribution >= 4 is 27.5 Å². The van der Waals surface area contributed by atoms with Crippen LogP contribution in [0.3, 0.4) is 0 Å². The summed E-state index contributed by atoms with van der Waals surface area (Å²) in [5, 5.41) is 2.70.